The summed E-state index contributed by atoms with van der Waals surface area (Å²) in [5.41, 5.74) is -2.73. The number of hydrogen-bond donors (Lipinski definition) is 1. The fraction of sp³-hybridized carbons (Fsp3) is 0.176. The highest BCUT2D eigenvalue weighted by Crippen LogP contribution is 2.36. The molecule has 1 aromatic carbocycles. The van der Waals surface area contributed by atoms with Crippen LogP contribution in [0, 0.1) is 0 Å². The molecule has 0 spiro atoms. The molecule has 1 unspecified atom stereocenters. The van der Waals surface area contributed by atoms with Gasteiger partial charge in [-0.1, -0.05) is 12.1 Å². The summed E-state index contributed by atoms with van der Waals surface area (Å²) >= 11 is -0.169. The van der Waals surface area contributed by atoms with E-state index in [1.54, 1.807) is 18.5 Å². The average molecular weight is 352 g/mol. The van der Waals surface area contributed by atoms with Crippen molar-refractivity contribution in [2.24, 2.45) is 0 Å². The van der Waals surface area contributed by atoms with E-state index in [-0.39, 0.29) is 28.6 Å². The Morgan fingerprint density at radius 3 is 2.38 bits per heavy atom. The first-order chi connectivity index (χ1) is 11.3. The third-order valence-electron chi connectivity index (χ3n) is 3.11. The van der Waals surface area contributed by atoms with Crippen molar-refractivity contribution in [3.05, 3.63) is 66.0 Å². The molecule has 0 saturated carbocycles. The minimum Gasteiger partial charge on any atom is -0.346 e. The normalized spacial score (nSPS) is 13.0. The second-order valence-electron chi connectivity index (χ2n) is 4.96. The van der Waals surface area contributed by atoms with Crippen LogP contribution in [0.2, 0.25) is 0 Å². The lowest BCUT2D eigenvalue weighted by atomic mass is 10.1. The van der Waals surface area contributed by atoms with Crippen molar-refractivity contribution >= 4 is 23.7 Å². The van der Waals surface area contributed by atoms with Crippen LogP contribution in [0.25, 0.3) is 6.08 Å². The molecule has 0 fully saturated rings. The standard InChI is InChI=1S/C17H15F3N2OS/c1-12(14-8-10-21-11-9-14)22-16(23)7-4-13-2-5-15(6-3-13)24-17(18,19)20/h2-12H,1H3,(H,22,23)/b7-4+. The Labute approximate surface area is 142 Å². The quantitative estimate of drug-likeness (QED) is 0.632. The summed E-state index contributed by atoms with van der Waals surface area (Å²) in [5.74, 6) is -0.284. The SMILES string of the molecule is CC(NC(=O)/C=C/c1ccc(SC(F)(F)F)cc1)c1ccncc1. The van der Waals surface area contributed by atoms with Gasteiger partial charge in [0, 0.05) is 23.4 Å². The summed E-state index contributed by atoms with van der Waals surface area (Å²) in [6.45, 7) is 1.85. The summed E-state index contributed by atoms with van der Waals surface area (Å²) in [4.78, 5) is 15.9. The van der Waals surface area contributed by atoms with Crippen molar-refractivity contribution in [1.29, 1.82) is 0 Å². The zero-order chi connectivity index (χ0) is 17.6. The summed E-state index contributed by atoms with van der Waals surface area (Å²) < 4.78 is 36.7. The minimum atomic E-state index is -4.31. The number of pyridine rings is 1. The van der Waals surface area contributed by atoms with Crippen molar-refractivity contribution in [1.82, 2.24) is 10.3 Å². The molecule has 3 nitrogen and oxygen atoms in total. The molecule has 2 rings (SSSR count). The van der Waals surface area contributed by atoms with Gasteiger partial charge in [0.1, 0.15) is 0 Å². The van der Waals surface area contributed by atoms with E-state index in [0.29, 0.717) is 5.56 Å². The Kier molecular flexibility index (Phi) is 6.03. The third-order valence-corrected chi connectivity index (χ3v) is 3.85. The van der Waals surface area contributed by atoms with Gasteiger partial charge < -0.3 is 5.32 Å². The lowest BCUT2D eigenvalue weighted by Crippen LogP contribution is -2.24. The van der Waals surface area contributed by atoms with Gasteiger partial charge in [-0.2, -0.15) is 13.2 Å². The van der Waals surface area contributed by atoms with Gasteiger partial charge in [0.05, 0.1) is 6.04 Å². The lowest BCUT2D eigenvalue weighted by Gasteiger charge is -2.12. The third kappa shape index (κ3) is 6.08. The molecular weight excluding hydrogens is 337 g/mol. The number of halogens is 3. The van der Waals surface area contributed by atoms with Crippen LogP contribution < -0.4 is 5.32 Å². The van der Waals surface area contributed by atoms with Crippen LogP contribution in [0.3, 0.4) is 0 Å². The molecule has 1 heterocycles. The molecule has 0 radical (unpaired) electrons. The van der Waals surface area contributed by atoms with E-state index in [1.165, 1.54) is 30.3 Å². The maximum absolute atomic E-state index is 12.2. The molecule has 0 aliphatic carbocycles. The molecule has 1 aromatic heterocycles. The number of alkyl halides is 3. The molecule has 2 aromatic rings. The van der Waals surface area contributed by atoms with Crippen molar-refractivity contribution < 1.29 is 18.0 Å². The van der Waals surface area contributed by atoms with E-state index in [2.05, 4.69) is 10.3 Å². The van der Waals surface area contributed by atoms with Crippen molar-refractivity contribution in [2.45, 2.75) is 23.4 Å². The monoisotopic (exact) mass is 352 g/mol. The molecule has 24 heavy (non-hydrogen) atoms. The number of amides is 1. The highest BCUT2D eigenvalue weighted by atomic mass is 32.2. The Bertz CT molecular complexity index is 700. The molecule has 0 bridgehead atoms. The molecule has 1 atom stereocenters. The molecule has 1 amide bonds. The molecule has 1 N–H and O–H groups in total. The van der Waals surface area contributed by atoms with Crippen LogP contribution in [-0.2, 0) is 4.79 Å². The Morgan fingerprint density at radius 2 is 1.79 bits per heavy atom. The molecule has 126 valence electrons. The Morgan fingerprint density at radius 1 is 1.17 bits per heavy atom. The fourth-order valence-electron chi connectivity index (χ4n) is 1.95. The van der Waals surface area contributed by atoms with Gasteiger partial charge in [-0.25, -0.2) is 0 Å². The summed E-state index contributed by atoms with van der Waals surface area (Å²) in [6, 6.07) is 9.26. The molecule has 0 saturated heterocycles. The number of nitrogens with zero attached hydrogens (tertiary/aromatic N) is 1. The highest BCUT2D eigenvalue weighted by molar-refractivity contribution is 8.00. The zero-order valence-corrected chi connectivity index (χ0v) is 13.6. The lowest BCUT2D eigenvalue weighted by molar-refractivity contribution is -0.117. The average Bonchev–Trinajstić information content (AvgIpc) is 2.53. The van der Waals surface area contributed by atoms with E-state index in [9.17, 15) is 18.0 Å². The number of carbonyl (C=O) groups is 1. The van der Waals surface area contributed by atoms with Crippen LogP contribution in [-0.4, -0.2) is 16.4 Å². The maximum Gasteiger partial charge on any atom is 0.446 e. The first kappa shape index (κ1) is 18.1. The summed E-state index contributed by atoms with van der Waals surface area (Å²) in [7, 11) is 0. The van der Waals surface area contributed by atoms with Gasteiger partial charge in [0.25, 0.3) is 0 Å². The van der Waals surface area contributed by atoms with Gasteiger partial charge in [0.15, 0.2) is 0 Å². The van der Waals surface area contributed by atoms with Gasteiger partial charge in [-0.3, -0.25) is 9.78 Å². The number of rotatable bonds is 5. The molecule has 7 heteroatoms. The predicted octanol–water partition coefficient (Wildman–Crippen LogP) is 4.58. The highest BCUT2D eigenvalue weighted by Gasteiger charge is 2.28. The first-order valence-electron chi connectivity index (χ1n) is 7.08. The van der Waals surface area contributed by atoms with Gasteiger partial charge in [-0.05, 0) is 60.2 Å². The summed E-state index contributed by atoms with van der Waals surface area (Å²) in [5, 5.41) is 2.80. The maximum atomic E-state index is 12.2. The predicted molar refractivity (Wildman–Crippen MR) is 88.2 cm³/mol. The van der Waals surface area contributed by atoms with E-state index in [0.717, 1.165) is 5.56 Å². The van der Waals surface area contributed by atoms with Crippen molar-refractivity contribution in [3.8, 4) is 0 Å². The molecule has 0 aliphatic rings. The second-order valence-corrected chi connectivity index (χ2v) is 6.10. The topological polar surface area (TPSA) is 42.0 Å². The van der Waals surface area contributed by atoms with E-state index >= 15 is 0 Å². The number of carbonyl (C=O) groups excluding carboxylic acids is 1. The zero-order valence-electron chi connectivity index (χ0n) is 12.7. The van der Waals surface area contributed by atoms with Gasteiger partial charge in [-0.15, -0.1) is 0 Å². The number of nitrogens with one attached hydrogen (secondary N) is 1. The smallest absolute Gasteiger partial charge is 0.346 e. The Hall–Kier alpha value is -2.28. The number of hydrogen-bond acceptors (Lipinski definition) is 3. The van der Waals surface area contributed by atoms with E-state index in [1.807, 2.05) is 19.1 Å². The van der Waals surface area contributed by atoms with Crippen LogP contribution in [0.4, 0.5) is 13.2 Å². The number of thioether (sulfide) groups is 1. The van der Waals surface area contributed by atoms with Crippen LogP contribution in [0.1, 0.15) is 24.1 Å². The van der Waals surface area contributed by atoms with Crippen LogP contribution >= 0.6 is 11.8 Å². The fourth-order valence-corrected chi connectivity index (χ4v) is 2.49. The molecule has 0 aliphatic heterocycles. The van der Waals surface area contributed by atoms with Gasteiger partial charge in [0.2, 0.25) is 5.91 Å². The second kappa shape index (κ2) is 8.01. The van der Waals surface area contributed by atoms with Crippen LogP contribution in [0.5, 0.6) is 0 Å². The number of aromatic nitrogens is 1. The van der Waals surface area contributed by atoms with Crippen molar-refractivity contribution in [3.63, 3.8) is 0 Å². The first-order valence-corrected chi connectivity index (χ1v) is 7.89. The Balaban J connectivity index is 1.91. The summed E-state index contributed by atoms with van der Waals surface area (Å²) in [6.07, 6.45) is 6.20. The largest absolute Gasteiger partial charge is 0.446 e. The van der Waals surface area contributed by atoms with E-state index in [4.69, 9.17) is 0 Å². The van der Waals surface area contributed by atoms with Crippen LogP contribution in [0.15, 0.2) is 59.8 Å². The van der Waals surface area contributed by atoms with Gasteiger partial charge >= 0.3 is 5.51 Å². The van der Waals surface area contributed by atoms with E-state index < -0.39 is 5.51 Å². The minimum absolute atomic E-state index is 0.107. The number of benzene rings is 1. The molecular formula is C17H15F3N2OS. The van der Waals surface area contributed by atoms with Crippen molar-refractivity contribution in [2.75, 3.05) is 0 Å².